The Hall–Kier alpha value is -1.10. The van der Waals surface area contributed by atoms with Gasteiger partial charge in [-0.2, -0.15) is 0 Å². The molecule has 2 heterocycles. The molecule has 0 bridgehead atoms. The zero-order valence-corrected chi connectivity index (χ0v) is 12.3. The molecule has 1 aromatic carbocycles. The Kier molecular flexibility index (Phi) is 4.55. The molecule has 2 aliphatic rings. The molecule has 2 aliphatic heterocycles. The van der Waals surface area contributed by atoms with Crippen LogP contribution in [-0.2, 0) is 6.54 Å². The van der Waals surface area contributed by atoms with Crippen LogP contribution >= 0.6 is 0 Å². The summed E-state index contributed by atoms with van der Waals surface area (Å²) in [5.41, 5.74) is 1.30. The highest BCUT2D eigenvalue weighted by Crippen LogP contribution is 2.23. The molecule has 0 spiro atoms. The summed E-state index contributed by atoms with van der Waals surface area (Å²) in [6.07, 6.45) is 1.30. The highest BCUT2D eigenvalue weighted by atomic mass is 16.5. The summed E-state index contributed by atoms with van der Waals surface area (Å²) in [5, 5.41) is 3.43. The summed E-state index contributed by atoms with van der Waals surface area (Å²) in [7, 11) is 1.76. The standard InChI is InChI=1S/C16H25N3O/c1-20-16-5-3-2-4-14(16)12-18-9-6-15(13-18)19-10-7-17-8-11-19/h2-5,15,17H,6-13H2,1H3. The van der Waals surface area contributed by atoms with E-state index in [-0.39, 0.29) is 0 Å². The average Bonchev–Trinajstić information content (AvgIpc) is 2.97. The third-order valence-electron chi connectivity index (χ3n) is 4.50. The fourth-order valence-electron chi connectivity index (χ4n) is 3.38. The van der Waals surface area contributed by atoms with E-state index in [1.165, 1.54) is 38.2 Å². The van der Waals surface area contributed by atoms with Crippen molar-refractivity contribution in [2.24, 2.45) is 0 Å². The molecule has 3 rings (SSSR count). The molecule has 1 aromatic rings. The van der Waals surface area contributed by atoms with E-state index in [0.717, 1.165) is 31.4 Å². The Balaban J connectivity index is 1.57. The van der Waals surface area contributed by atoms with Crippen LogP contribution in [0.2, 0.25) is 0 Å². The van der Waals surface area contributed by atoms with Crippen LogP contribution in [0.4, 0.5) is 0 Å². The van der Waals surface area contributed by atoms with Crippen LogP contribution in [0, 0.1) is 0 Å². The van der Waals surface area contributed by atoms with Gasteiger partial charge in [-0.15, -0.1) is 0 Å². The van der Waals surface area contributed by atoms with Gasteiger partial charge in [-0.25, -0.2) is 0 Å². The fourth-order valence-corrected chi connectivity index (χ4v) is 3.38. The van der Waals surface area contributed by atoms with E-state index in [2.05, 4.69) is 33.3 Å². The van der Waals surface area contributed by atoms with Gasteiger partial charge in [-0.1, -0.05) is 18.2 Å². The Morgan fingerprint density at radius 1 is 1.20 bits per heavy atom. The molecule has 1 unspecified atom stereocenters. The number of ether oxygens (including phenoxy) is 1. The molecule has 110 valence electrons. The van der Waals surface area contributed by atoms with Gasteiger partial charge in [0.1, 0.15) is 5.75 Å². The van der Waals surface area contributed by atoms with Gasteiger partial charge in [0.05, 0.1) is 7.11 Å². The molecule has 0 radical (unpaired) electrons. The second-order valence-corrected chi connectivity index (χ2v) is 5.78. The molecule has 1 atom stereocenters. The molecule has 20 heavy (non-hydrogen) atoms. The van der Waals surface area contributed by atoms with Crippen LogP contribution in [0.15, 0.2) is 24.3 Å². The van der Waals surface area contributed by atoms with Crippen molar-refractivity contribution >= 4 is 0 Å². The first kappa shape index (κ1) is 13.9. The van der Waals surface area contributed by atoms with E-state index >= 15 is 0 Å². The smallest absolute Gasteiger partial charge is 0.123 e. The summed E-state index contributed by atoms with van der Waals surface area (Å²) in [6.45, 7) is 8.09. The van der Waals surface area contributed by atoms with Gasteiger partial charge >= 0.3 is 0 Å². The molecule has 0 aliphatic carbocycles. The van der Waals surface area contributed by atoms with Crippen molar-refractivity contribution in [3.05, 3.63) is 29.8 Å². The molecule has 0 aromatic heterocycles. The van der Waals surface area contributed by atoms with Crippen LogP contribution in [0.1, 0.15) is 12.0 Å². The molecule has 0 amide bonds. The minimum absolute atomic E-state index is 0.742. The molecule has 0 saturated carbocycles. The number of nitrogens with one attached hydrogen (secondary N) is 1. The lowest BCUT2D eigenvalue weighted by Crippen LogP contribution is -2.49. The van der Waals surface area contributed by atoms with Crippen molar-refractivity contribution in [2.45, 2.75) is 19.0 Å². The normalized spacial score (nSPS) is 24.9. The van der Waals surface area contributed by atoms with E-state index in [0.29, 0.717) is 0 Å². The topological polar surface area (TPSA) is 27.7 Å². The number of benzene rings is 1. The highest BCUT2D eigenvalue weighted by molar-refractivity contribution is 5.33. The second kappa shape index (κ2) is 6.57. The number of hydrogen-bond acceptors (Lipinski definition) is 4. The predicted molar refractivity (Wildman–Crippen MR) is 81.1 cm³/mol. The Bertz CT molecular complexity index is 431. The van der Waals surface area contributed by atoms with Crippen molar-refractivity contribution in [2.75, 3.05) is 46.4 Å². The number of para-hydroxylation sites is 1. The predicted octanol–water partition coefficient (Wildman–Crippen LogP) is 1.17. The maximum Gasteiger partial charge on any atom is 0.123 e. The average molecular weight is 275 g/mol. The van der Waals surface area contributed by atoms with Crippen molar-refractivity contribution in [1.82, 2.24) is 15.1 Å². The maximum atomic E-state index is 5.45. The van der Waals surface area contributed by atoms with E-state index in [1.54, 1.807) is 7.11 Å². The van der Waals surface area contributed by atoms with Gasteiger partial charge in [0.25, 0.3) is 0 Å². The molecule has 2 saturated heterocycles. The Morgan fingerprint density at radius 2 is 2.00 bits per heavy atom. The van der Waals surface area contributed by atoms with Crippen molar-refractivity contribution in [3.63, 3.8) is 0 Å². The number of rotatable bonds is 4. The molecular weight excluding hydrogens is 250 g/mol. The highest BCUT2D eigenvalue weighted by Gasteiger charge is 2.28. The molecule has 1 N–H and O–H groups in total. The van der Waals surface area contributed by atoms with Gasteiger partial charge in [0, 0.05) is 57.4 Å². The number of methoxy groups -OCH3 is 1. The van der Waals surface area contributed by atoms with E-state index in [4.69, 9.17) is 4.74 Å². The summed E-state index contributed by atoms with van der Waals surface area (Å²) < 4.78 is 5.45. The van der Waals surface area contributed by atoms with Crippen molar-refractivity contribution < 1.29 is 4.74 Å². The lowest BCUT2D eigenvalue weighted by atomic mass is 10.2. The number of likely N-dealkylation sites (tertiary alicyclic amines) is 1. The SMILES string of the molecule is COc1ccccc1CN1CCC(N2CCNCC2)C1. The van der Waals surface area contributed by atoms with E-state index in [9.17, 15) is 0 Å². The van der Waals surface area contributed by atoms with Crippen molar-refractivity contribution in [1.29, 1.82) is 0 Å². The lowest BCUT2D eigenvalue weighted by Gasteiger charge is -2.32. The fraction of sp³-hybridized carbons (Fsp3) is 0.625. The number of nitrogens with zero attached hydrogens (tertiary/aromatic N) is 2. The second-order valence-electron chi connectivity index (χ2n) is 5.78. The minimum atomic E-state index is 0.742. The number of piperazine rings is 1. The third kappa shape index (κ3) is 3.14. The van der Waals surface area contributed by atoms with Crippen LogP contribution in [-0.4, -0.2) is 62.2 Å². The largest absolute Gasteiger partial charge is 0.496 e. The molecular formula is C16H25N3O. The Morgan fingerprint density at radius 3 is 2.80 bits per heavy atom. The maximum absolute atomic E-state index is 5.45. The van der Waals surface area contributed by atoms with Gasteiger partial charge < -0.3 is 10.1 Å². The number of hydrogen-bond donors (Lipinski definition) is 1. The van der Waals surface area contributed by atoms with Gasteiger partial charge in [-0.3, -0.25) is 9.80 Å². The van der Waals surface area contributed by atoms with Crippen LogP contribution < -0.4 is 10.1 Å². The van der Waals surface area contributed by atoms with Crippen molar-refractivity contribution in [3.8, 4) is 5.75 Å². The van der Waals surface area contributed by atoms with E-state index in [1.807, 2.05) is 6.07 Å². The third-order valence-corrected chi connectivity index (χ3v) is 4.50. The first-order valence-corrected chi connectivity index (χ1v) is 7.66. The zero-order valence-electron chi connectivity index (χ0n) is 12.3. The van der Waals surface area contributed by atoms with Crippen LogP contribution in [0.5, 0.6) is 5.75 Å². The molecule has 4 heteroatoms. The summed E-state index contributed by atoms with van der Waals surface area (Å²) >= 11 is 0. The minimum Gasteiger partial charge on any atom is -0.496 e. The van der Waals surface area contributed by atoms with Gasteiger partial charge in [0.15, 0.2) is 0 Å². The summed E-state index contributed by atoms with van der Waals surface area (Å²) in [5.74, 6) is 1.01. The first-order valence-electron chi connectivity index (χ1n) is 7.66. The molecule has 4 nitrogen and oxygen atoms in total. The molecule has 2 fully saturated rings. The zero-order chi connectivity index (χ0) is 13.8. The van der Waals surface area contributed by atoms with Gasteiger partial charge in [-0.05, 0) is 12.5 Å². The first-order chi connectivity index (χ1) is 9.86. The summed E-state index contributed by atoms with van der Waals surface area (Å²) in [4.78, 5) is 5.21. The van der Waals surface area contributed by atoms with Crippen LogP contribution in [0.3, 0.4) is 0 Å². The lowest BCUT2D eigenvalue weighted by molar-refractivity contribution is 0.170. The monoisotopic (exact) mass is 275 g/mol. The van der Waals surface area contributed by atoms with Crippen LogP contribution in [0.25, 0.3) is 0 Å². The Labute approximate surface area is 121 Å². The van der Waals surface area contributed by atoms with E-state index < -0.39 is 0 Å². The summed E-state index contributed by atoms with van der Waals surface area (Å²) in [6, 6.07) is 9.11. The quantitative estimate of drug-likeness (QED) is 0.893. The van der Waals surface area contributed by atoms with Gasteiger partial charge in [0.2, 0.25) is 0 Å².